The summed E-state index contributed by atoms with van der Waals surface area (Å²) < 4.78 is 7.10. The van der Waals surface area contributed by atoms with E-state index in [4.69, 9.17) is 9.84 Å². The zero-order valence-corrected chi connectivity index (χ0v) is 8.47. The van der Waals surface area contributed by atoms with Crippen LogP contribution in [-0.4, -0.2) is 34.7 Å². The number of para-hydroxylation sites is 1. The zero-order chi connectivity index (χ0) is 10.5. The first-order valence-electron chi connectivity index (χ1n) is 5.01. The second-order valence-corrected chi connectivity index (χ2v) is 3.26. The Morgan fingerprint density at radius 3 is 3.00 bits per heavy atom. The summed E-state index contributed by atoms with van der Waals surface area (Å²) in [5.41, 5.74) is 1.12. The van der Waals surface area contributed by atoms with Crippen LogP contribution in [0, 0.1) is 0 Å². The molecule has 2 aromatic rings. The summed E-state index contributed by atoms with van der Waals surface area (Å²) in [5, 5.41) is 14.0. The Morgan fingerprint density at radius 1 is 1.27 bits per heavy atom. The van der Waals surface area contributed by atoms with Crippen LogP contribution in [0.25, 0.3) is 10.9 Å². The maximum absolute atomic E-state index is 8.55. The molecule has 0 saturated carbocycles. The number of rotatable bonds is 5. The van der Waals surface area contributed by atoms with Crippen LogP contribution in [0.1, 0.15) is 0 Å². The van der Waals surface area contributed by atoms with Crippen LogP contribution in [0.2, 0.25) is 0 Å². The van der Waals surface area contributed by atoms with Crippen LogP contribution in [0.5, 0.6) is 0 Å². The van der Waals surface area contributed by atoms with Gasteiger partial charge in [0.25, 0.3) is 0 Å². The van der Waals surface area contributed by atoms with Crippen molar-refractivity contribution in [3.8, 4) is 0 Å². The third-order valence-corrected chi connectivity index (χ3v) is 2.23. The van der Waals surface area contributed by atoms with Crippen LogP contribution in [-0.2, 0) is 11.3 Å². The highest BCUT2D eigenvalue weighted by Gasteiger charge is 2.00. The van der Waals surface area contributed by atoms with Crippen molar-refractivity contribution in [1.82, 2.24) is 9.78 Å². The fraction of sp³-hybridized carbons (Fsp3) is 0.364. The molecule has 1 heterocycles. The van der Waals surface area contributed by atoms with E-state index in [1.54, 1.807) is 0 Å². The van der Waals surface area contributed by atoms with E-state index < -0.39 is 0 Å². The lowest BCUT2D eigenvalue weighted by Crippen LogP contribution is -2.09. The molecule has 1 aromatic heterocycles. The van der Waals surface area contributed by atoms with E-state index in [0.717, 1.165) is 10.9 Å². The van der Waals surface area contributed by atoms with E-state index in [9.17, 15) is 0 Å². The van der Waals surface area contributed by atoms with Gasteiger partial charge in [-0.25, -0.2) is 0 Å². The molecular formula is C11H14N2O2. The lowest BCUT2D eigenvalue weighted by molar-refractivity contribution is 0.0860. The first-order chi connectivity index (χ1) is 7.42. The average molecular weight is 206 g/mol. The molecule has 0 atom stereocenters. The predicted octanol–water partition coefficient (Wildman–Crippen LogP) is 1.05. The number of hydrogen-bond donors (Lipinski definition) is 1. The third-order valence-electron chi connectivity index (χ3n) is 2.23. The van der Waals surface area contributed by atoms with Gasteiger partial charge in [-0.05, 0) is 6.07 Å². The van der Waals surface area contributed by atoms with E-state index in [-0.39, 0.29) is 6.61 Å². The van der Waals surface area contributed by atoms with Crippen molar-refractivity contribution < 1.29 is 9.84 Å². The normalized spacial score (nSPS) is 11.0. The summed E-state index contributed by atoms with van der Waals surface area (Å²) in [7, 11) is 0. The molecule has 15 heavy (non-hydrogen) atoms. The number of aliphatic hydroxyl groups excluding tert-OH is 1. The predicted molar refractivity (Wildman–Crippen MR) is 57.6 cm³/mol. The van der Waals surface area contributed by atoms with Gasteiger partial charge in [-0.15, -0.1) is 0 Å². The van der Waals surface area contributed by atoms with Crippen LogP contribution < -0.4 is 0 Å². The van der Waals surface area contributed by atoms with Crippen LogP contribution in [0.15, 0.2) is 30.5 Å². The molecule has 0 radical (unpaired) electrons. The molecule has 0 fully saturated rings. The monoisotopic (exact) mass is 206 g/mol. The topological polar surface area (TPSA) is 47.3 Å². The van der Waals surface area contributed by atoms with Gasteiger partial charge in [0.05, 0.1) is 38.1 Å². The quantitative estimate of drug-likeness (QED) is 0.744. The molecule has 0 aliphatic heterocycles. The Labute approximate surface area is 88.1 Å². The number of aromatic nitrogens is 2. The summed E-state index contributed by atoms with van der Waals surface area (Å²) in [6, 6.07) is 8.06. The number of aliphatic hydroxyl groups is 1. The van der Waals surface area contributed by atoms with E-state index in [1.807, 2.05) is 35.1 Å². The Kier molecular flexibility index (Phi) is 3.32. The van der Waals surface area contributed by atoms with Crippen molar-refractivity contribution in [2.45, 2.75) is 6.54 Å². The molecule has 0 unspecified atom stereocenters. The van der Waals surface area contributed by atoms with Gasteiger partial charge in [0.2, 0.25) is 0 Å². The molecule has 0 saturated heterocycles. The standard InChI is InChI=1S/C11H14N2O2/c14-6-8-15-7-5-13-11-4-2-1-3-10(11)9-12-13/h1-4,9,14H,5-8H2. The first kappa shape index (κ1) is 10.1. The molecule has 4 nitrogen and oxygen atoms in total. The van der Waals surface area contributed by atoms with Gasteiger partial charge < -0.3 is 9.84 Å². The van der Waals surface area contributed by atoms with Crippen LogP contribution in [0.3, 0.4) is 0 Å². The Balaban J connectivity index is 2.02. The molecule has 1 aromatic carbocycles. The fourth-order valence-electron chi connectivity index (χ4n) is 1.52. The summed E-state index contributed by atoms with van der Waals surface area (Å²) >= 11 is 0. The van der Waals surface area contributed by atoms with Crippen LogP contribution >= 0.6 is 0 Å². The summed E-state index contributed by atoms with van der Waals surface area (Å²) in [6.07, 6.45) is 1.85. The van der Waals surface area contributed by atoms with Crippen molar-refractivity contribution in [1.29, 1.82) is 0 Å². The molecule has 0 amide bonds. The number of hydrogen-bond acceptors (Lipinski definition) is 3. The van der Waals surface area contributed by atoms with Crippen molar-refractivity contribution in [2.75, 3.05) is 19.8 Å². The Morgan fingerprint density at radius 2 is 2.13 bits per heavy atom. The maximum atomic E-state index is 8.55. The van der Waals surface area contributed by atoms with Gasteiger partial charge in [-0.1, -0.05) is 18.2 Å². The molecular weight excluding hydrogens is 192 g/mol. The van der Waals surface area contributed by atoms with Gasteiger partial charge in [0.1, 0.15) is 0 Å². The Bertz CT molecular complexity index is 425. The van der Waals surface area contributed by atoms with Gasteiger partial charge in [-0.2, -0.15) is 5.10 Å². The molecule has 4 heteroatoms. The molecule has 0 aliphatic rings. The lowest BCUT2D eigenvalue weighted by Gasteiger charge is -2.03. The highest BCUT2D eigenvalue weighted by atomic mass is 16.5. The molecule has 0 spiro atoms. The van der Waals surface area contributed by atoms with Gasteiger partial charge in [0, 0.05) is 5.39 Å². The highest BCUT2D eigenvalue weighted by molar-refractivity contribution is 5.78. The van der Waals surface area contributed by atoms with E-state index >= 15 is 0 Å². The average Bonchev–Trinajstić information content (AvgIpc) is 2.68. The third kappa shape index (κ3) is 2.34. The second kappa shape index (κ2) is 4.91. The molecule has 0 aliphatic carbocycles. The molecule has 2 rings (SSSR count). The van der Waals surface area contributed by atoms with Gasteiger partial charge >= 0.3 is 0 Å². The van der Waals surface area contributed by atoms with Crippen LogP contribution in [0.4, 0.5) is 0 Å². The highest BCUT2D eigenvalue weighted by Crippen LogP contribution is 2.11. The number of benzene rings is 1. The summed E-state index contributed by atoms with van der Waals surface area (Å²) in [5.74, 6) is 0. The largest absolute Gasteiger partial charge is 0.394 e. The maximum Gasteiger partial charge on any atom is 0.0698 e. The molecule has 80 valence electrons. The van der Waals surface area contributed by atoms with Crippen molar-refractivity contribution in [3.63, 3.8) is 0 Å². The van der Waals surface area contributed by atoms with E-state index in [1.165, 1.54) is 0 Å². The van der Waals surface area contributed by atoms with Crippen molar-refractivity contribution >= 4 is 10.9 Å². The van der Waals surface area contributed by atoms with Crippen molar-refractivity contribution in [3.05, 3.63) is 30.5 Å². The SMILES string of the molecule is OCCOCCn1ncc2ccccc21. The first-order valence-corrected chi connectivity index (χ1v) is 5.01. The molecule has 1 N–H and O–H groups in total. The fourth-order valence-corrected chi connectivity index (χ4v) is 1.52. The lowest BCUT2D eigenvalue weighted by atomic mass is 10.3. The number of ether oxygens (including phenoxy) is 1. The minimum atomic E-state index is 0.0693. The smallest absolute Gasteiger partial charge is 0.0698 e. The van der Waals surface area contributed by atoms with Crippen molar-refractivity contribution in [2.24, 2.45) is 0 Å². The van der Waals surface area contributed by atoms with Gasteiger partial charge in [0.15, 0.2) is 0 Å². The van der Waals surface area contributed by atoms with E-state index in [0.29, 0.717) is 19.8 Å². The minimum absolute atomic E-state index is 0.0693. The zero-order valence-electron chi connectivity index (χ0n) is 8.47. The minimum Gasteiger partial charge on any atom is -0.394 e. The second-order valence-electron chi connectivity index (χ2n) is 3.26. The molecule has 0 bridgehead atoms. The summed E-state index contributed by atoms with van der Waals surface area (Å²) in [6.45, 7) is 1.75. The van der Waals surface area contributed by atoms with Gasteiger partial charge in [-0.3, -0.25) is 4.68 Å². The van der Waals surface area contributed by atoms with E-state index in [2.05, 4.69) is 5.10 Å². The summed E-state index contributed by atoms with van der Waals surface area (Å²) in [4.78, 5) is 0. The number of nitrogens with zero attached hydrogens (tertiary/aromatic N) is 2. The Hall–Kier alpha value is -1.39. The number of fused-ring (bicyclic) bond motifs is 1.